The molecule has 2 aromatic heterocycles. The fraction of sp³-hybridized carbons (Fsp3) is 0.222. The molecule has 7 heteroatoms. The molecule has 0 aliphatic carbocycles. The molecule has 16 heavy (non-hydrogen) atoms. The zero-order chi connectivity index (χ0) is 11.5. The fourth-order valence-corrected chi connectivity index (χ4v) is 1.33. The number of rotatable bonds is 3. The van der Waals surface area contributed by atoms with E-state index in [9.17, 15) is 9.59 Å². The van der Waals surface area contributed by atoms with Gasteiger partial charge >= 0.3 is 0 Å². The monoisotopic (exact) mass is 221 g/mol. The Morgan fingerprint density at radius 1 is 1.31 bits per heavy atom. The third-order valence-corrected chi connectivity index (χ3v) is 2.09. The molecular weight excluding hydrogens is 210 g/mol. The number of hydrogen-bond acceptors (Lipinski definition) is 4. The van der Waals surface area contributed by atoms with Gasteiger partial charge in [-0.3, -0.25) is 19.4 Å². The van der Waals surface area contributed by atoms with Gasteiger partial charge in [0.05, 0.1) is 25.0 Å². The van der Waals surface area contributed by atoms with Crippen LogP contribution < -0.4 is 16.9 Å². The van der Waals surface area contributed by atoms with Crippen molar-refractivity contribution in [2.45, 2.75) is 13.1 Å². The maximum Gasteiger partial charge on any atom is 0.265 e. The Morgan fingerprint density at radius 3 is 2.81 bits per heavy atom. The smallest absolute Gasteiger partial charge is 0.265 e. The van der Waals surface area contributed by atoms with E-state index in [1.807, 2.05) is 0 Å². The zero-order valence-electron chi connectivity index (χ0n) is 8.46. The second kappa shape index (κ2) is 4.05. The first-order valence-corrected chi connectivity index (χ1v) is 4.73. The molecule has 0 spiro atoms. The minimum Gasteiger partial charge on any atom is -0.396 e. The Labute approximate surface area is 90.1 Å². The van der Waals surface area contributed by atoms with E-state index in [4.69, 9.17) is 5.73 Å². The predicted octanol–water partition coefficient (Wildman–Crippen LogP) is -0.985. The highest BCUT2D eigenvalue weighted by Gasteiger charge is 1.98. The van der Waals surface area contributed by atoms with Crippen molar-refractivity contribution in [3.05, 3.63) is 45.2 Å². The van der Waals surface area contributed by atoms with Crippen LogP contribution in [0.25, 0.3) is 0 Å². The van der Waals surface area contributed by atoms with E-state index >= 15 is 0 Å². The van der Waals surface area contributed by atoms with Crippen LogP contribution in [0.1, 0.15) is 0 Å². The topological polar surface area (TPSA) is 98.7 Å². The molecule has 0 bridgehead atoms. The minimum atomic E-state index is -0.306. The third-order valence-electron chi connectivity index (χ3n) is 2.09. The first kappa shape index (κ1) is 10.2. The van der Waals surface area contributed by atoms with Gasteiger partial charge in [0.2, 0.25) is 0 Å². The molecule has 3 N–H and O–H groups in total. The van der Waals surface area contributed by atoms with E-state index in [-0.39, 0.29) is 11.1 Å². The Kier molecular flexibility index (Phi) is 2.59. The van der Waals surface area contributed by atoms with Crippen molar-refractivity contribution >= 4 is 5.69 Å². The molecule has 0 aliphatic heterocycles. The van der Waals surface area contributed by atoms with Gasteiger partial charge in [-0.25, -0.2) is 4.68 Å². The number of hydrogen-bond donors (Lipinski definition) is 2. The highest BCUT2D eigenvalue weighted by molar-refractivity contribution is 5.30. The molecule has 0 unspecified atom stereocenters. The van der Waals surface area contributed by atoms with Gasteiger partial charge in [-0.1, -0.05) is 0 Å². The Morgan fingerprint density at radius 2 is 2.12 bits per heavy atom. The summed E-state index contributed by atoms with van der Waals surface area (Å²) in [6.07, 6.45) is 3.18. The summed E-state index contributed by atoms with van der Waals surface area (Å²) in [5, 5.41) is 6.40. The van der Waals surface area contributed by atoms with Gasteiger partial charge in [0, 0.05) is 18.3 Å². The number of anilines is 1. The first-order chi connectivity index (χ1) is 7.65. The van der Waals surface area contributed by atoms with Gasteiger partial charge in [0.1, 0.15) is 0 Å². The number of aryl methyl sites for hydroxylation is 2. The molecule has 0 saturated carbocycles. The number of H-pyrrole nitrogens is 1. The molecule has 2 aromatic rings. The zero-order valence-corrected chi connectivity index (χ0v) is 8.46. The Bertz CT molecular complexity index is 594. The van der Waals surface area contributed by atoms with Crippen molar-refractivity contribution in [3.63, 3.8) is 0 Å². The van der Waals surface area contributed by atoms with Gasteiger partial charge in [-0.05, 0) is 0 Å². The quantitative estimate of drug-likeness (QED) is 0.695. The standard InChI is InChI=1S/C9H11N5O2/c10-7-5-11-13(6-7)3-4-14-9(16)2-1-8(15)12-14/h1-2,5-6H,3-4,10H2,(H,12,15). The highest BCUT2D eigenvalue weighted by atomic mass is 16.1. The molecule has 0 radical (unpaired) electrons. The SMILES string of the molecule is Nc1cnn(CCn2[nH]c(=O)ccc2=O)c1. The average Bonchev–Trinajstić information content (AvgIpc) is 2.66. The van der Waals surface area contributed by atoms with Gasteiger partial charge in [-0.15, -0.1) is 0 Å². The lowest BCUT2D eigenvalue weighted by atomic mass is 10.5. The Hall–Kier alpha value is -2.31. The maximum absolute atomic E-state index is 11.3. The molecule has 0 amide bonds. The van der Waals surface area contributed by atoms with Gasteiger partial charge < -0.3 is 5.73 Å². The summed E-state index contributed by atoms with van der Waals surface area (Å²) in [6.45, 7) is 0.813. The summed E-state index contributed by atoms with van der Waals surface area (Å²) in [6, 6.07) is 2.43. The molecule has 0 fully saturated rings. The lowest BCUT2D eigenvalue weighted by Crippen LogP contribution is -2.29. The molecule has 0 aliphatic rings. The van der Waals surface area contributed by atoms with Crippen molar-refractivity contribution in [1.82, 2.24) is 19.6 Å². The van der Waals surface area contributed by atoms with E-state index in [0.29, 0.717) is 18.8 Å². The number of nitrogens with one attached hydrogen (secondary N) is 1. The third kappa shape index (κ3) is 2.19. The molecule has 0 saturated heterocycles. The number of aromatic nitrogens is 4. The lowest BCUT2D eigenvalue weighted by Gasteiger charge is -2.04. The molecule has 2 heterocycles. The van der Waals surface area contributed by atoms with Crippen LogP contribution in [0, 0.1) is 0 Å². The van der Waals surface area contributed by atoms with Crippen LogP contribution in [0.15, 0.2) is 34.1 Å². The molecule has 0 aromatic carbocycles. The number of nitrogens with two attached hydrogens (primary N) is 1. The lowest BCUT2D eigenvalue weighted by molar-refractivity contribution is 0.478. The minimum absolute atomic E-state index is 0.250. The van der Waals surface area contributed by atoms with Gasteiger partial charge in [-0.2, -0.15) is 5.10 Å². The van der Waals surface area contributed by atoms with Crippen LogP contribution >= 0.6 is 0 Å². The summed E-state index contributed by atoms with van der Waals surface area (Å²) in [5.41, 5.74) is 5.50. The summed E-state index contributed by atoms with van der Waals surface area (Å²) in [5.74, 6) is 0. The van der Waals surface area contributed by atoms with E-state index in [0.717, 1.165) is 0 Å². The van der Waals surface area contributed by atoms with E-state index < -0.39 is 0 Å². The largest absolute Gasteiger partial charge is 0.396 e. The normalized spacial score (nSPS) is 10.5. The van der Waals surface area contributed by atoms with Crippen LogP contribution in [-0.2, 0) is 13.1 Å². The molecule has 0 atom stereocenters. The highest BCUT2D eigenvalue weighted by Crippen LogP contribution is 1.97. The van der Waals surface area contributed by atoms with Crippen molar-refractivity contribution in [3.8, 4) is 0 Å². The van der Waals surface area contributed by atoms with Crippen molar-refractivity contribution < 1.29 is 0 Å². The second-order valence-electron chi connectivity index (χ2n) is 3.34. The average molecular weight is 221 g/mol. The fourth-order valence-electron chi connectivity index (χ4n) is 1.33. The van der Waals surface area contributed by atoms with Crippen LogP contribution in [0.3, 0.4) is 0 Å². The maximum atomic E-state index is 11.3. The summed E-state index contributed by atoms with van der Waals surface area (Å²) < 4.78 is 2.84. The second-order valence-corrected chi connectivity index (χ2v) is 3.34. The molecular formula is C9H11N5O2. The number of nitrogen functional groups attached to an aromatic ring is 1. The number of nitrogens with zero attached hydrogens (tertiary/aromatic N) is 3. The van der Waals surface area contributed by atoms with Crippen molar-refractivity contribution in [2.24, 2.45) is 0 Å². The van der Waals surface area contributed by atoms with Gasteiger partial charge in [0.15, 0.2) is 0 Å². The van der Waals surface area contributed by atoms with Crippen LogP contribution in [0.5, 0.6) is 0 Å². The van der Waals surface area contributed by atoms with Crippen LogP contribution in [0.4, 0.5) is 5.69 Å². The van der Waals surface area contributed by atoms with E-state index in [2.05, 4.69) is 10.2 Å². The van der Waals surface area contributed by atoms with E-state index in [1.54, 1.807) is 10.9 Å². The predicted molar refractivity (Wildman–Crippen MR) is 58.0 cm³/mol. The molecule has 7 nitrogen and oxygen atoms in total. The van der Waals surface area contributed by atoms with Crippen molar-refractivity contribution in [2.75, 3.05) is 5.73 Å². The van der Waals surface area contributed by atoms with E-state index in [1.165, 1.54) is 23.0 Å². The molecule has 84 valence electrons. The summed E-state index contributed by atoms with van der Waals surface area (Å²) in [4.78, 5) is 22.3. The summed E-state index contributed by atoms with van der Waals surface area (Å²) in [7, 11) is 0. The first-order valence-electron chi connectivity index (χ1n) is 4.73. The number of aromatic amines is 1. The Balaban J connectivity index is 2.13. The van der Waals surface area contributed by atoms with Crippen molar-refractivity contribution in [1.29, 1.82) is 0 Å². The van der Waals surface area contributed by atoms with Crippen LogP contribution in [-0.4, -0.2) is 19.6 Å². The molecule has 2 rings (SSSR count). The van der Waals surface area contributed by atoms with Crippen LogP contribution in [0.2, 0.25) is 0 Å². The van der Waals surface area contributed by atoms with Gasteiger partial charge in [0.25, 0.3) is 11.1 Å². The summed E-state index contributed by atoms with van der Waals surface area (Å²) >= 11 is 0.